The van der Waals surface area contributed by atoms with Crippen LogP contribution in [0, 0.1) is 0 Å². The highest BCUT2D eigenvalue weighted by atomic mass is 15.1. The summed E-state index contributed by atoms with van der Waals surface area (Å²) in [6.45, 7) is 0. The van der Waals surface area contributed by atoms with Gasteiger partial charge in [0.15, 0.2) is 0 Å². The van der Waals surface area contributed by atoms with Crippen molar-refractivity contribution >= 4 is 49.5 Å². The third kappa shape index (κ3) is 3.52. The van der Waals surface area contributed by atoms with Gasteiger partial charge in [-0.25, -0.2) is 0 Å². The molecule has 8 aromatic rings. The van der Waals surface area contributed by atoms with Gasteiger partial charge in [-0.1, -0.05) is 146 Å². The molecule has 2 nitrogen and oxygen atoms in total. The van der Waals surface area contributed by atoms with Crippen molar-refractivity contribution in [2.45, 2.75) is 11.8 Å². The molecule has 0 saturated heterocycles. The average molecular weight is 637 g/mol. The monoisotopic (exact) mass is 636 g/mol. The number of aromatic nitrogens is 1. The van der Waals surface area contributed by atoms with Crippen LogP contribution in [0.4, 0.5) is 11.4 Å². The minimum absolute atomic E-state index is 0.506. The van der Waals surface area contributed by atoms with Crippen molar-refractivity contribution in [2.24, 2.45) is 0 Å². The van der Waals surface area contributed by atoms with Crippen molar-refractivity contribution in [3.63, 3.8) is 0 Å². The third-order valence-corrected chi connectivity index (χ3v) is 11.2. The lowest BCUT2D eigenvalue weighted by atomic mass is 9.64. The first-order chi connectivity index (χ1) is 24.8. The highest BCUT2D eigenvalue weighted by Gasteiger charge is 2.51. The van der Waals surface area contributed by atoms with E-state index >= 15 is 0 Å². The molecule has 1 aliphatic heterocycles. The third-order valence-electron chi connectivity index (χ3n) is 11.2. The Kier molecular flexibility index (Phi) is 5.68. The Bertz CT molecular complexity index is 2790. The molecule has 1 unspecified atom stereocenters. The lowest BCUT2D eigenvalue weighted by Crippen LogP contribution is -2.34. The zero-order valence-corrected chi connectivity index (χ0v) is 27.4. The van der Waals surface area contributed by atoms with Gasteiger partial charge in [-0.15, -0.1) is 0 Å². The fourth-order valence-electron chi connectivity index (χ4n) is 9.30. The maximum Gasteiger partial charge on any atom is 0.0755 e. The van der Waals surface area contributed by atoms with E-state index in [0.717, 1.165) is 12.1 Å². The van der Waals surface area contributed by atoms with Gasteiger partial charge in [0.1, 0.15) is 0 Å². The molecule has 11 rings (SSSR count). The van der Waals surface area contributed by atoms with Crippen LogP contribution in [-0.4, -0.2) is 4.57 Å². The normalized spacial score (nSPS) is 17.2. The Morgan fingerprint density at radius 2 is 1.22 bits per heavy atom. The summed E-state index contributed by atoms with van der Waals surface area (Å²) in [5.74, 6) is 0. The van der Waals surface area contributed by atoms with Gasteiger partial charge < -0.3 is 9.47 Å². The quantitative estimate of drug-likeness (QED) is 0.187. The largest absolute Gasteiger partial charge is 0.313 e. The van der Waals surface area contributed by atoms with Crippen molar-refractivity contribution < 1.29 is 0 Å². The molecule has 0 radical (unpaired) electrons. The molecule has 1 aromatic heterocycles. The maximum absolute atomic E-state index is 2.54. The molecule has 1 spiro atoms. The van der Waals surface area contributed by atoms with E-state index in [9.17, 15) is 0 Å². The van der Waals surface area contributed by atoms with Crippen molar-refractivity contribution in [2.75, 3.05) is 4.90 Å². The van der Waals surface area contributed by atoms with Crippen LogP contribution in [0.15, 0.2) is 193 Å². The molecule has 234 valence electrons. The van der Waals surface area contributed by atoms with Crippen molar-refractivity contribution in [1.29, 1.82) is 0 Å². The van der Waals surface area contributed by atoms with E-state index in [1.54, 1.807) is 0 Å². The van der Waals surface area contributed by atoms with Crippen LogP contribution in [0.3, 0.4) is 0 Å². The van der Waals surface area contributed by atoms with Crippen LogP contribution >= 0.6 is 0 Å². The van der Waals surface area contributed by atoms with Crippen LogP contribution in [0.1, 0.15) is 28.7 Å². The van der Waals surface area contributed by atoms with Crippen LogP contribution in [0.2, 0.25) is 0 Å². The van der Waals surface area contributed by atoms with Gasteiger partial charge in [0.2, 0.25) is 0 Å². The van der Waals surface area contributed by atoms with Gasteiger partial charge in [-0.3, -0.25) is 0 Å². The highest BCUT2D eigenvalue weighted by molar-refractivity contribution is 6.13. The zero-order valence-electron chi connectivity index (χ0n) is 27.4. The van der Waals surface area contributed by atoms with E-state index in [-0.39, 0.29) is 0 Å². The minimum atomic E-state index is -0.506. The number of nitrogens with zero attached hydrogens (tertiary/aromatic N) is 2. The van der Waals surface area contributed by atoms with Gasteiger partial charge >= 0.3 is 0 Å². The first kappa shape index (κ1) is 27.6. The second kappa shape index (κ2) is 10.3. The summed E-state index contributed by atoms with van der Waals surface area (Å²) in [6, 6.07) is 60.4. The Morgan fingerprint density at radius 3 is 2.14 bits per heavy atom. The number of hydrogen-bond donors (Lipinski definition) is 0. The first-order valence-corrected chi connectivity index (χ1v) is 17.5. The zero-order chi connectivity index (χ0) is 32.8. The molecular weight excluding hydrogens is 605 g/mol. The van der Waals surface area contributed by atoms with E-state index in [1.165, 1.54) is 83.1 Å². The second-order valence-electron chi connectivity index (χ2n) is 13.6. The van der Waals surface area contributed by atoms with Gasteiger partial charge in [0.25, 0.3) is 0 Å². The van der Waals surface area contributed by atoms with Crippen LogP contribution in [0.25, 0.3) is 43.8 Å². The summed E-state index contributed by atoms with van der Waals surface area (Å²) >= 11 is 0. The number of hydrogen-bond acceptors (Lipinski definition) is 1. The lowest BCUT2D eigenvalue weighted by molar-refractivity contribution is 0.740. The molecule has 0 N–H and O–H groups in total. The standard InChI is InChI=1S/C48H32N2/c1-2-17-33(18-3-1)49(44-30-12-16-32-15-4-5-20-35(32)44)34-19-13-23-37-36-21-6-8-25-40(36)48(43(37)31-34)41-26-9-11-29-46(41)50-45-28-10-7-22-38(45)39-24-14-27-42(48)47(39)50/h1-18,20-31H,19H2. The Labute approximate surface area is 291 Å². The van der Waals surface area contributed by atoms with Crippen molar-refractivity contribution in [3.05, 3.63) is 216 Å². The van der Waals surface area contributed by atoms with Crippen LogP contribution < -0.4 is 4.90 Å². The number of allylic oxidation sites excluding steroid dienone is 5. The summed E-state index contributed by atoms with van der Waals surface area (Å²) in [6.07, 6.45) is 8.11. The number of anilines is 2. The minimum Gasteiger partial charge on any atom is -0.313 e. The SMILES string of the molecule is C1=CC2=C(C=C(N(c3ccccc3)c3cccc4ccccc34)C1)C1(c3ccccc32)c2ccccc2-n2c3ccccc3c3cccc1c32. The van der Waals surface area contributed by atoms with Crippen LogP contribution in [-0.2, 0) is 5.41 Å². The van der Waals surface area contributed by atoms with E-state index in [4.69, 9.17) is 0 Å². The smallest absolute Gasteiger partial charge is 0.0755 e. The molecular formula is C48H32N2. The molecule has 0 bridgehead atoms. The van der Waals surface area contributed by atoms with Gasteiger partial charge in [0, 0.05) is 34.0 Å². The predicted octanol–water partition coefficient (Wildman–Crippen LogP) is 12.0. The predicted molar refractivity (Wildman–Crippen MR) is 208 cm³/mol. The summed E-state index contributed by atoms with van der Waals surface area (Å²) in [7, 11) is 0. The molecule has 3 aliphatic rings. The van der Waals surface area contributed by atoms with E-state index < -0.39 is 5.41 Å². The molecule has 7 aromatic carbocycles. The molecule has 0 fully saturated rings. The summed E-state index contributed by atoms with van der Waals surface area (Å²) in [4.78, 5) is 2.49. The second-order valence-corrected chi connectivity index (χ2v) is 13.6. The molecule has 0 saturated carbocycles. The summed E-state index contributed by atoms with van der Waals surface area (Å²) < 4.78 is 2.52. The Morgan fingerprint density at radius 1 is 0.540 bits per heavy atom. The van der Waals surface area contributed by atoms with Gasteiger partial charge in [-0.05, 0) is 75.2 Å². The van der Waals surface area contributed by atoms with E-state index in [1.807, 2.05) is 0 Å². The van der Waals surface area contributed by atoms with Gasteiger partial charge in [0.05, 0.1) is 27.8 Å². The van der Waals surface area contributed by atoms with Crippen molar-refractivity contribution in [3.8, 4) is 5.69 Å². The molecule has 2 aliphatic carbocycles. The fraction of sp³-hybridized carbons (Fsp3) is 0.0417. The Hall–Kier alpha value is -6.38. The summed E-state index contributed by atoms with van der Waals surface area (Å²) in [5, 5.41) is 5.07. The molecule has 50 heavy (non-hydrogen) atoms. The molecule has 2 heteroatoms. The molecule has 1 atom stereocenters. The lowest BCUT2D eigenvalue weighted by Gasteiger charge is -2.40. The Balaban J connectivity index is 1.27. The average Bonchev–Trinajstić information content (AvgIpc) is 3.55. The van der Waals surface area contributed by atoms with Crippen LogP contribution in [0.5, 0.6) is 0 Å². The topological polar surface area (TPSA) is 8.17 Å². The highest BCUT2D eigenvalue weighted by Crippen LogP contribution is 2.61. The number of rotatable bonds is 3. The van der Waals surface area contributed by atoms with E-state index in [2.05, 4.69) is 191 Å². The van der Waals surface area contributed by atoms with Crippen molar-refractivity contribution in [1.82, 2.24) is 4.57 Å². The maximum atomic E-state index is 2.54. The molecule has 0 amide bonds. The number of fused-ring (bicyclic) bond motifs is 12. The summed E-state index contributed by atoms with van der Waals surface area (Å²) in [5.41, 5.74) is 14.8. The molecule has 2 heterocycles. The number of para-hydroxylation sites is 4. The van der Waals surface area contributed by atoms with E-state index in [0.29, 0.717) is 0 Å². The first-order valence-electron chi connectivity index (χ1n) is 17.5. The van der Waals surface area contributed by atoms with Gasteiger partial charge in [-0.2, -0.15) is 0 Å². The number of benzene rings is 7. The fourth-order valence-corrected chi connectivity index (χ4v) is 9.30.